The SMILES string of the molecule is COCCCC(NC(=O)NC(C)c1ccncc1)C(=O)O. The second-order valence-corrected chi connectivity index (χ2v) is 4.65. The molecule has 0 saturated carbocycles. The van der Waals surface area contributed by atoms with Crippen molar-refractivity contribution < 1.29 is 19.4 Å². The third-order valence-electron chi connectivity index (χ3n) is 3.00. The minimum Gasteiger partial charge on any atom is -0.480 e. The molecule has 0 radical (unpaired) electrons. The minimum atomic E-state index is -1.06. The Labute approximate surface area is 123 Å². The van der Waals surface area contributed by atoms with Crippen LogP contribution in [0.3, 0.4) is 0 Å². The lowest BCUT2D eigenvalue weighted by Gasteiger charge is -2.18. The molecule has 1 aromatic rings. The summed E-state index contributed by atoms with van der Waals surface area (Å²) < 4.78 is 4.87. The van der Waals surface area contributed by atoms with Gasteiger partial charge in [-0.3, -0.25) is 4.98 Å². The van der Waals surface area contributed by atoms with Gasteiger partial charge in [-0.2, -0.15) is 0 Å². The zero-order chi connectivity index (χ0) is 15.7. The smallest absolute Gasteiger partial charge is 0.326 e. The van der Waals surface area contributed by atoms with Crippen molar-refractivity contribution in [3.8, 4) is 0 Å². The van der Waals surface area contributed by atoms with Crippen LogP contribution in [0.2, 0.25) is 0 Å². The maximum atomic E-state index is 11.8. The molecule has 0 aromatic carbocycles. The molecule has 2 atom stereocenters. The molecule has 1 aromatic heterocycles. The first-order chi connectivity index (χ1) is 10.0. The van der Waals surface area contributed by atoms with Crippen LogP contribution in [0.4, 0.5) is 4.79 Å². The molecule has 7 heteroatoms. The van der Waals surface area contributed by atoms with Gasteiger partial charge in [0.2, 0.25) is 0 Å². The fourth-order valence-electron chi connectivity index (χ4n) is 1.82. The first kappa shape index (κ1) is 16.9. The molecular formula is C14H21N3O4. The van der Waals surface area contributed by atoms with E-state index in [9.17, 15) is 9.59 Å². The summed E-state index contributed by atoms with van der Waals surface area (Å²) in [4.78, 5) is 26.8. The van der Waals surface area contributed by atoms with Crippen LogP contribution < -0.4 is 10.6 Å². The number of pyridine rings is 1. The van der Waals surface area contributed by atoms with E-state index in [4.69, 9.17) is 9.84 Å². The van der Waals surface area contributed by atoms with E-state index >= 15 is 0 Å². The summed E-state index contributed by atoms with van der Waals surface area (Å²) in [6.07, 6.45) is 4.15. The number of carboxylic acid groups (broad SMARTS) is 1. The first-order valence-corrected chi connectivity index (χ1v) is 6.73. The molecule has 1 rings (SSSR count). The summed E-state index contributed by atoms with van der Waals surface area (Å²) >= 11 is 0. The molecule has 116 valence electrons. The number of carbonyl (C=O) groups excluding carboxylic acids is 1. The van der Waals surface area contributed by atoms with E-state index in [2.05, 4.69) is 15.6 Å². The highest BCUT2D eigenvalue weighted by atomic mass is 16.5. The third-order valence-corrected chi connectivity index (χ3v) is 3.00. The average Bonchev–Trinajstić information content (AvgIpc) is 2.47. The van der Waals surface area contributed by atoms with Crippen LogP contribution in [0.1, 0.15) is 31.4 Å². The van der Waals surface area contributed by atoms with Crippen LogP contribution in [0, 0.1) is 0 Å². The summed E-state index contributed by atoms with van der Waals surface area (Å²) in [6, 6.07) is 1.91. The van der Waals surface area contributed by atoms with Gasteiger partial charge in [0.1, 0.15) is 6.04 Å². The van der Waals surface area contributed by atoms with E-state index in [1.54, 1.807) is 31.6 Å². The van der Waals surface area contributed by atoms with E-state index in [1.165, 1.54) is 0 Å². The Bertz CT molecular complexity index is 453. The standard InChI is InChI=1S/C14H21N3O4/c1-10(11-5-7-15-8-6-11)16-14(20)17-12(13(18)19)4-3-9-21-2/h5-8,10,12H,3-4,9H2,1-2H3,(H,18,19)(H2,16,17,20). The Kier molecular flexibility index (Phi) is 7.17. The Morgan fingerprint density at radius 1 is 1.33 bits per heavy atom. The Balaban J connectivity index is 2.48. The fourth-order valence-corrected chi connectivity index (χ4v) is 1.82. The maximum absolute atomic E-state index is 11.8. The summed E-state index contributed by atoms with van der Waals surface area (Å²) in [6.45, 7) is 2.27. The molecule has 0 fully saturated rings. The van der Waals surface area contributed by atoms with Crippen LogP contribution in [0.5, 0.6) is 0 Å². The number of carbonyl (C=O) groups is 2. The van der Waals surface area contributed by atoms with Gasteiger partial charge in [0.25, 0.3) is 0 Å². The Morgan fingerprint density at radius 2 is 2.00 bits per heavy atom. The fraction of sp³-hybridized carbons (Fsp3) is 0.500. The van der Waals surface area contributed by atoms with Gasteiger partial charge in [-0.25, -0.2) is 9.59 Å². The van der Waals surface area contributed by atoms with Crippen molar-refractivity contribution in [1.82, 2.24) is 15.6 Å². The number of carboxylic acids is 1. The maximum Gasteiger partial charge on any atom is 0.326 e. The molecule has 2 amide bonds. The van der Waals surface area contributed by atoms with E-state index < -0.39 is 18.0 Å². The number of methoxy groups -OCH3 is 1. The monoisotopic (exact) mass is 295 g/mol. The van der Waals surface area contributed by atoms with Crippen molar-refractivity contribution in [2.24, 2.45) is 0 Å². The number of ether oxygens (including phenoxy) is 1. The van der Waals surface area contributed by atoms with Crippen LogP contribution in [0.15, 0.2) is 24.5 Å². The minimum absolute atomic E-state index is 0.235. The van der Waals surface area contributed by atoms with Crippen molar-refractivity contribution in [3.63, 3.8) is 0 Å². The van der Waals surface area contributed by atoms with Gasteiger partial charge in [0.15, 0.2) is 0 Å². The molecular weight excluding hydrogens is 274 g/mol. The second-order valence-electron chi connectivity index (χ2n) is 4.65. The summed E-state index contributed by atoms with van der Waals surface area (Å²) in [7, 11) is 1.55. The molecule has 2 unspecified atom stereocenters. The summed E-state index contributed by atoms with van der Waals surface area (Å²) in [5.74, 6) is -1.06. The molecule has 0 aliphatic heterocycles. The predicted octanol–water partition coefficient (Wildman–Crippen LogP) is 1.32. The zero-order valence-corrected chi connectivity index (χ0v) is 12.2. The number of urea groups is 1. The molecule has 21 heavy (non-hydrogen) atoms. The Morgan fingerprint density at radius 3 is 2.57 bits per heavy atom. The van der Waals surface area contributed by atoms with Gasteiger partial charge in [0, 0.05) is 26.1 Å². The van der Waals surface area contributed by atoms with E-state index in [0.717, 1.165) is 5.56 Å². The zero-order valence-electron chi connectivity index (χ0n) is 12.2. The highest BCUT2D eigenvalue weighted by Crippen LogP contribution is 2.09. The number of aromatic nitrogens is 1. The lowest BCUT2D eigenvalue weighted by Crippen LogP contribution is -2.46. The molecule has 7 nitrogen and oxygen atoms in total. The average molecular weight is 295 g/mol. The molecule has 0 aliphatic rings. The first-order valence-electron chi connectivity index (χ1n) is 6.73. The van der Waals surface area contributed by atoms with E-state index in [0.29, 0.717) is 19.4 Å². The number of hydrogen-bond donors (Lipinski definition) is 3. The number of nitrogens with zero attached hydrogens (tertiary/aromatic N) is 1. The van der Waals surface area contributed by atoms with Crippen LogP contribution in [-0.2, 0) is 9.53 Å². The lowest BCUT2D eigenvalue weighted by molar-refractivity contribution is -0.139. The molecule has 0 saturated heterocycles. The number of nitrogens with one attached hydrogen (secondary N) is 2. The predicted molar refractivity (Wildman–Crippen MR) is 76.9 cm³/mol. The van der Waals surface area contributed by atoms with Gasteiger partial charge in [-0.15, -0.1) is 0 Å². The number of rotatable bonds is 8. The second kappa shape index (κ2) is 8.91. The van der Waals surface area contributed by atoms with Gasteiger partial charge >= 0.3 is 12.0 Å². The number of hydrogen-bond acceptors (Lipinski definition) is 4. The Hall–Kier alpha value is -2.15. The van der Waals surface area contributed by atoms with E-state index in [-0.39, 0.29) is 6.04 Å². The van der Waals surface area contributed by atoms with Crippen molar-refractivity contribution >= 4 is 12.0 Å². The van der Waals surface area contributed by atoms with Gasteiger partial charge in [-0.1, -0.05) is 0 Å². The largest absolute Gasteiger partial charge is 0.480 e. The van der Waals surface area contributed by atoms with Crippen molar-refractivity contribution in [2.75, 3.05) is 13.7 Å². The van der Waals surface area contributed by atoms with E-state index in [1.807, 2.05) is 6.92 Å². The van der Waals surface area contributed by atoms with Crippen molar-refractivity contribution in [2.45, 2.75) is 31.8 Å². The van der Waals surface area contributed by atoms with Gasteiger partial charge < -0.3 is 20.5 Å². The van der Waals surface area contributed by atoms with Crippen molar-refractivity contribution in [1.29, 1.82) is 0 Å². The lowest BCUT2D eigenvalue weighted by atomic mass is 10.1. The molecule has 0 bridgehead atoms. The molecule has 0 spiro atoms. The highest BCUT2D eigenvalue weighted by Gasteiger charge is 2.20. The van der Waals surface area contributed by atoms with Crippen LogP contribution in [-0.4, -0.2) is 41.8 Å². The quantitative estimate of drug-likeness (QED) is 0.628. The van der Waals surface area contributed by atoms with Crippen molar-refractivity contribution in [3.05, 3.63) is 30.1 Å². The normalized spacial score (nSPS) is 13.2. The van der Waals surface area contributed by atoms with Gasteiger partial charge in [0.05, 0.1) is 6.04 Å². The number of aliphatic carboxylic acids is 1. The molecule has 0 aliphatic carbocycles. The van der Waals surface area contributed by atoms with Crippen LogP contribution in [0.25, 0.3) is 0 Å². The molecule has 3 N–H and O–H groups in total. The van der Waals surface area contributed by atoms with Gasteiger partial charge in [-0.05, 0) is 37.5 Å². The highest BCUT2D eigenvalue weighted by molar-refractivity contribution is 5.82. The molecule has 1 heterocycles. The number of amides is 2. The third kappa shape index (κ3) is 6.22. The van der Waals surface area contributed by atoms with Crippen LogP contribution >= 0.6 is 0 Å². The summed E-state index contributed by atoms with van der Waals surface area (Å²) in [5.41, 5.74) is 0.895. The summed E-state index contributed by atoms with van der Waals surface area (Å²) in [5, 5.41) is 14.2. The topological polar surface area (TPSA) is 101 Å².